The zero-order valence-electron chi connectivity index (χ0n) is 16.3. The molecule has 1 aliphatic carbocycles. The number of aliphatic hydroxyl groups excluding tert-OH is 1. The molecule has 0 saturated heterocycles. The van der Waals surface area contributed by atoms with Gasteiger partial charge in [-0.3, -0.25) is 4.79 Å². The molecule has 0 saturated carbocycles. The number of carboxylic acid groups (broad SMARTS) is 1. The second-order valence-corrected chi connectivity index (χ2v) is 7.11. The monoisotopic (exact) mass is 423 g/mol. The SMILES string of the molecule is CC(F)C(=O)Nc1cccc(C(=O)O)c1C1=C2C=CC(O)=CC2Oc2cc(O)ccc21. The lowest BCUT2D eigenvalue weighted by molar-refractivity contribution is -0.120. The Kier molecular flexibility index (Phi) is 4.98. The van der Waals surface area contributed by atoms with Gasteiger partial charge >= 0.3 is 5.97 Å². The van der Waals surface area contributed by atoms with Crippen LogP contribution in [0.1, 0.15) is 28.4 Å². The molecule has 7 nitrogen and oxygen atoms in total. The molecule has 1 heterocycles. The summed E-state index contributed by atoms with van der Waals surface area (Å²) in [7, 11) is 0. The van der Waals surface area contributed by atoms with Crippen LogP contribution >= 0.6 is 0 Å². The Hall–Kier alpha value is -4.07. The highest BCUT2D eigenvalue weighted by Crippen LogP contribution is 2.46. The van der Waals surface area contributed by atoms with Gasteiger partial charge in [-0.1, -0.05) is 12.1 Å². The molecule has 0 radical (unpaired) electrons. The van der Waals surface area contributed by atoms with Crippen molar-refractivity contribution in [3.05, 3.63) is 82.6 Å². The molecule has 158 valence electrons. The van der Waals surface area contributed by atoms with Crippen LogP contribution in [-0.4, -0.2) is 39.5 Å². The summed E-state index contributed by atoms with van der Waals surface area (Å²) in [5, 5.41) is 32.1. The molecule has 8 heteroatoms. The average Bonchev–Trinajstić information content (AvgIpc) is 2.71. The van der Waals surface area contributed by atoms with Gasteiger partial charge in [0.15, 0.2) is 6.17 Å². The number of hydrogen-bond acceptors (Lipinski definition) is 5. The fourth-order valence-electron chi connectivity index (χ4n) is 3.62. The van der Waals surface area contributed by atoms with Gasteiger partial charge in [-0.2, -0.15) is 0 Å². The largest absolute Gasteiger partial charge is 0.508 e. The third-order valence-corrected chi connectivity index (χ3v) is 5.00. The Morgan fingerprint density at radius 3 is 2.65 bits per heavy atom. The van der Waals surface area contributed by atoms with E-state index in [2.05, 4.69) is 5.32 Å². The van der Waals surface area contributed by atoms with Gasteiger partial charge in [0.05, 0.1) is 5.56 Å². The Balaban J connectivity index is 2.04. The van der Waals surface area contributed by atoms with E-state index in [1.54, 1.807) is 12.1 Å². The number of amides is 1. The lowest BCUT2D eigenvalue weighted by Crippen LogP contribution is -2.26. The molecule has 31 heavy (non-hydrogen) atoms. The van der Waals surface area contributed by atoms with Crippen molar-refractivity contribution in [3.63, 3.8) is 0 Å². The Bertz CT molecular complexity index is 1190. The highest BCUT2D eigenvalue weighted by molar-refractivity contribution is 6.06. The van der Waals surface area contributed by atoms with Crippen molar-refractivity contribution < 1.29 is 34.0 Å². The van der Waals surface area contributed by atoms with Crippen LogP contribution in [0.15, 0.2) is 66.0 Å². The highest BCUT2D eigenvalue weighted by Gasteiger charge is 2.33. The number of phenols is 1. The minimum absolute atomic E-state index is 0.0389. The van der Waals surface area contributed by atoms with Gasteiger partial charge in [-0.25, -0.2) is 9.18 Å². The minimum Gasteiger partial charge on any atom is -0.508 e. The molecule has 1 aliphatic heterocycles. The summed E-state index contributed by atoms with van der Waals surface area (Å²) in [6.45, 7) is 1.08. The van der Waals surface area contributed by atoms with E-state index in [4.69, 9.17) is 4.74 Å². The van der Waals surface area contributed by atoms with Gasteiger partial charge in [0.1, 0.15) is 23.4 Å². The number of alkyl halides is 1. The Morgan fingerprint density at radius 1 is 1.16 bits per heavy atom. The average molecular weight is 423 g/mol. The molecule has 4 N–H and O–H groups in total. The van der Waals surface area contributed by atoms with Crippen LogP contribution in [0.4, 0.5) is 10.1 Å². The zero-order chi connectivity index (χ0) is 22.3. The highest BCUT2D eigenvalue weighted by atomic mass is 19.1. The lowest BCUT2D eigenvalue weighted by atomic mass is 9.83. The number of anilines is 1. The quantitative estimate of drug-likeness (QED) is 0.592. The molecular formula is C23H18FNO6. The van der Waals surface area contributed by atoms with E-state index in [0.29, 0.717) is 16.7 Å². The first kappa shape index (κ1) is 20.2. The molecule has 0 bridgehead atoms. The summed E-state index contributed by atoms with van der Waals surface area (Å²) < 4.78 is 19.5. The van der Waals surface area contributed by atoms with Crippen molar-refractivity contribution in [2.24, 2.45) is 0 Å². The van der Waals surface area contributed by atoms with Crippen molar-refractivity contribution in [3.8, 4) is 11.5 Å². The number of aromatic carboxylic acids is 1. The van der Waals surface area contributed by atoms with Gasteiger partial charge in [0.2, 0.25) is 0 Å². The van der Waals surface area contributed by atoms with E-state index in [0.717, 1.165) is 6.92 Å². The van der Waals surface area contributed by atoms with Crippen LogP contribution in [-0.2, 0) is 4.79 Å². The summed E-state index contributed by atoms with van der Waals surface area (Å²) >= 11 is 0. The normalized spacial score (nSPS) is 17.7. The summed E-state index contributed by atoms with van der Waals surface area (Å²) in [4.78, 5) is 24.1. The number of carboxylic acids is 1. The van der Waals surface area contributed by atoms with Gasteiger partial charge in [-0.05, 0) is 37.3 Å². The molecule has 2 aliphatic rings. The van der Waals surface area contributed by atoms with Crippen LogP contribution in [0.3, 0.4) is 0 Å². The van der Waals surface area contributed by atoms with Gasteiger partial charge < -0.3 is 25.4 Å². The Labute approximate surface area is 176 Å². The molecular weight excluding hydrogens is 405 g/mol. The van der Waals surface area contributed by atoms with Crippen LogP contribution in [0.2, 0.25) is 0 Å². The van der Waals surface area contributed by atoms with E-state index >= 15 is 0 Å². The molecule has 1 amide bonds. The fourth-order valence-corrected chi connectivity index (χ4v) is 3.62. The predicted molar refractivity (Wildman–Crippen MR) is 111 cm³/mol. The summed E-state index contributed by atoms with van der Waals surface area (Å²) in [5.41, 5.74) is 1.60. The zero-order valence-corrected chi connectivity index (χ0v) is 16.3. The van der Waals surface area contributed by atoms with Gasteiger partial charge in [-0.15, -0.1) is 0 Å². The number of fused-ring (bicyclic) bond motifs is 2. The molecule has 2 atom stereocenters. The maximum atomic E-state index is 13.6. The number of aromatic hydroxyl groups is 1. The second-order valence-electron chi connectivity index (χ2n) is 7.11. The summed E-state index contributed by atoms with van der Waals surface area (Å²) in [6, 6.07) is 8.68. The molecule has 0 aromatic heterocycles. The van der Waals surface area contributed by atoms with Gasteiger partial charge in [0.25, 0.3) is 5.91 Å². The standard InChI is InChI=1S/C23H18FNO6/c1-11(24)22(28)25-17-4-2-3-16(23(29)30)21(17)20-14-7-5-12(26)9-18(14)31-19-10-13(27)6-8-15(19)20/h2-11,18,26-27H,1H3,(H,25,28)(H,29,30). The van der Waals surface area contributed by atoms with E-state index < -0.39 is 24.2 Å². The van der Waals surface area contributed by atoms with Crippen molar-refractivity contribution >= 4 is 23.1 Å². The molecule has 2 unspecified atom stereocenters. The Morgan fingerprint density at radius 2 is 1.94 bits per heavy atom. The summed E-state index contributed by atoms with van der Waals surface area (Å²) in [6.07, 6.45) is 1.90. The van der Waals surface area contributed by atoms with Crippen molar-refractivity contribution in [2.75, 3.05) is 5.32 Å². The molecule has 0 fully saturated rings. The predicted octanol–water partition coefficient (Wildman–Crippen LogP) is 3.96. The maximum absolute atomic E-state index is 13.6. The van der Waals surface area contributed by atoms with E-state index in [9.17, 15) is 29.3 Å². The maximum Gasteiger partial charge on any atom is 0.336 e. The number of benzene rings is 2. The third kappa shape index (κ3) is 3.63. The van der Waals surface area contributed by atoms with Crippen LogP contribution in [0.25, 0.3) is 5.57 Å². The number of carbonyl (C=O) groups is 2. The van der Waals surface area contributed by atoms with Gasteiger partial charge in [0, 0.05) is 40.1 Å². The van der Waals surface area contributed by atoms with E-state index in [-0.39, 0.29) is 34.1 Å². The molecule has 2 aromatic rings. The number of rotatable bonds is 4. The second kappa shape index (κ2) is 7.64. The minimum atomic E-state index is -1.81. The van der Waals surface area contributed by atoms with E-state index in [1.807, 2.05) is 0 Å². The first-order chi connectivity index (χ1) is 14.8. The first-order valence-electron chi connectivity index (χ1n) is 9.41. The van der Waals surface area contributed by atoms with Crippen LogP contribution < -0.4 is 10.1 Å². The van der Waals surface area contributed by atoms with Crippen molar-refractivity contribution in [2.45, 2.75) is 19.2 Å². The number of carbonyl (C=O) groups excluding carboxylic acids is 1. The number of hydrogen-bond donors (Lipinski definition) is 4. The summed E-state index contributed by atoms with van der Waals surface area (Å²) in [5.74, 6) is -2.00. The fraction of sp³-hybridized carbons (Fsp3) is 0.130. The smallest absolute Gasteiger partial charge is 0.336 e. The number of aliphatic hydroxyl groups is 1. The van der Waals surface area contributed by atoms with Crippen LogP contribution in [0.5, 0.6) is 11.5 Å². The first-order valence-corrected chi connectivity index (χ1v) is 9.41. The molecule has 0 spiro atoms. The van der Waals surface area contributed by atoms with Crippen LogP contribution in [0, 0.1) is 0 Å². The lowest BCUT2D eigenvalue weighted by Gasteiger charge is -2.31. The number of halogens is 1. The van der Waals surface area contributed by atoms with Crippen molar-refractivity contribution in [1.29, 1.82) is 0 Å². The number of nitrogens with one attached hydrogen (secondary N) is 1. The molecule has 2 aromatic carbocycles. The topological polar surface area (TPSA) is 116 Å². The third-order valence-electron chi connectivity index (χ3n) is 5.00. The number of phenolic OH excluding ortho intramolecular Hbond substituents is 1. The number of allylic oxidation sites excluding steroid dienone is 1. The molecule has 4 rings (SSSR count). The van der Waals surface area contributed by atoms with E-state index in [1.165, 1.54) is 42.5 Å². The number of ether oxygens (including phenoxy) is 1. The van der Waals surface area contributed by atoms with Crippen molar-refractivity contribution in [1.82, 2.24) is 0 Å².